The number of rotatable bonds is 11. The first-order valence-corrected chi connectivity index (χ1v) is 26.5. The Kier molecular flexibility index (Phi) is 16.3. The molecule has 0 unspecified atom stereocenters. The molecule has 0 saturated carbocycles. The number of hydrazine groups is 1. The van der Waals surface area contributed by atoms with Gasteiger partial charge in [-0.3, -0.25) is 34.0 Å². The van der Waals surface area contributed by atoms with Gasteiger partial charge < -0.3 is 39.0 Å². The van der Waals surface area contributed by atoms with E-state index in [0.29, 0.717) is 36.5 Å². The van der Waals surface area contributed by atoms with Crippen LogP contribution in [0.3, 0.4) is 0 Å². The quantitative estimate of drug-likeness (QED) is 0.136. The van der Waals surface area contributed by atoms with Gasteiger partial charge in [0.25, 0.3) is 17.4 Å². The minimum absolute atomic E-state index is 0.0201. The number of alkyl halides is 2. The Morgan fingerprint density at radius 3 is 2.53 bits per heavy atom. The standard InChI is InChI=1S/C52H70ClFN10O7S/c1-10-63-41-14-13-32-22-35(41)37(45(63)36-23-34(26-55-43(36)31(4)70-9)61-20-18-59(7)19-21-61)25-52(5,6)29-71-51(69)38-12-11-16-64(58-38)49(67)39(24-42-56-40(32)28-72-42)57-47(65)44(30(2)3)60(8)48(66)33-15-17-62(27-33)50(68)46(53)54/h13-14,22-23,26,28,30-31,33,38-39,44,46,58H,10-12,15-21,24-25,27,29H2,1-9H3,(H,57,65)/t31-,33-,38-,39-,44-,46-/m0/s1. The van der Waals surface area contributed by atoms with Gasteiger partial charge in [-0.15, -0.1) is 11.3 Å². The van der Waals surface area contributed by atoms with E-state index in [2.05, 4.69) is 77.2 Å². The van der Waals surface area contributed by atoms with Crippen LogP contribution in [-0.4, -0.2) is 161 Å². The van der Waals surface area contributed by atoms with Gasteiger partial charge in [0, 0.05) is 106 Å². The number of hydrogen-bond donors (Lipinski definition) is 2. The van der Waals surface area contributed by atoms with Crippen molar-refractivity contribution in [1.82, 2.24) is 45.0 Å². The van der Waals surface area contributed by atoms with Gasteiger partial charge in [0.2, 0.25) is 11.8 Å². The van der Waals surface area contributed by atoms with Crippen LogP contribution < -0.4 is 15.6 Å². The molecule has 4 aliphatic rings. The third kappa shape index (κ3) is 11.1. The highest BCUT2D eigenvalue weighted by molar-refractivity contribution is 7.10. The summed E-state index contributed by atoms with van der Waals surface area (Å²) in [5.74, 6) is -3.82. The number of likely N-dealkylation sites (N-methyl/N-ethyl adjacent to an activating group) is 2. The summed E-state index contributed by atoms with van der Waals surface area (Å²) in [4.78, 5) is 87.0. The fourth-order valence-electron chi connectivity index (χ4n) is 10.7. The van der Waals surface area contributed by atoms with Crippen molar-refractivity contribution in [1.29, 1.82) is 0 Å². The van der Waals surface area contributed by atoms with Crippen molar-refractivity contribution < 1.29 is 37.8 Å². The summed E-state index contributed by atoms with van der Waals surface area (Å²) in [6.45, 7) is 16.9. The highest BCUT2D eigenvalue weighted by atomic mass is 35.5. The number of methoxy groups -OCH3 is 1. The van der Waals surface area contributed by atoms with Crippen molar-refractivity contribution in [3.8, 4) is 22.5 Å². The Morgan fingerprint density at radius 2 is 1.83 bits per heavy atom. The summed E-state index contributed by atoms with van der Waals surface area (Å²) in [5.41, 5.74) is 8.00. The van der Waals surface area contributed by atoms with E-state index in [9.17, 15) is 28.4 Å². The molecule has 17 nitrogen and oxygen atoms in total. The monoisotopic (exact) mass is 1030 g/mol. The van der Waals surface area contributed by atoms with Crippen molar-refractivity contribution >= 4 is 69.1 Å². The molecule has 0 aliphatic carbocycles. The number of pyridine rings is 1. The number of nitrogens with zero attached hydrogens (tertiary/aromatic N) is 8. The van der Waals surface area contributed by atoms with Crippen LogP contribution in [0.2, 0.25) is 0 Å². The van der Waals surface area contributed by atoms with E-state index in [1.165, 1.54) is 33.2 Å². The molecule has 3 saturated heterocycles. The second-order valence-electron chi connectivity index (χ2n) is 21.0. The third-order valence-electron chi connectivity index (χ3n) is 14.8. The van der Waals surface area contributed by atoms with Gasteiger partial charge in [0.1, 0.15) is 18.1 Å². The zero-order chi connectivity index (χ0) is 51.8. The van der Waals surface area contributed by atoms with E-state index in [1.54, 1.807) is 7.11 Å². The molecule has 3 fully saturated rings. The molecular formula is C52H70ClFN10O7S. The van der Waals surface area contributed by atoms with Crippen LogP contribution in [0.1, 0.15) is 83.2 Å². The molecule has 0 radical (unpaired) electrons. The Labute approximate surface area is 430 Å². The molecule has 7 heterocycles. The number of halogens is 2. The Morgan fingerprint density at radius 1 is 1.08 bits per heavy atom. The normalized spacial score (nSPS) is 22.4. The van der Waals surface area contributed by atoms with Crippen molar-refractivity contribution in [3.05, 3.63) is 52.1 Å². The summed E-state index contributed by atoms with van der Waals surface area (Å²) in [5, 5.41) is 7.98. The summed E-state index contributed by atoms with van der Waals surface area (Å²) < 4.78 is 28.2. The average molecular weight is 1030 g/mol. The lowest BCUT2D eigenvalue weighted by atomic mass is 9.84. The lowest BCUT2D eigenvalue weighted by Crippen LogP contribution is -2.62. The van der Waals surface area contributed by atoms with E-state index in [4.69, 9.17) is 31.0 Å². The maximum Gasteiger partial charge on any atom is 0.324 e. The van der Waals surface area contributed by atoms with Gasteiger partial charge in [0.05, 0.1) is 52.6 Å². The molecule has 20 heteroatoms. The van der Waals surface area contributed by atoms with E-state index >= 15 is 0 Å². The van der Waals surface area contributed by atoms with Gasteiger partial charge in [-0.1, -0.05) is 45.4 Å². The predicted octanol–water partition coefficient (Wildman–Crippen LogP) is 5.82. The maximum absolute atomic E-state index is 14.7. The van der Waals surface area contributed by atoms with Crippen molar-refractivity contribution in [2.75, 3.05) is 78.5 Å². The van der Waals surface area contributed by atoms with Crippen molar-refractivity contribution in [2.24, 2.45) is 17.3 Å². The zero-order valence-electron chi connectivity index (χ0n) is 43.0. The molecule has 4 amide bonds. The molecule has 0 spiro atoms. The number of benzene rings is 1. The van der Waals surface area contributed by atoms with E-state index in [0.717, 1.165) is 70.8 Å². The summed E-state index contributed by atoms with van der Waals surface area (Å²) in [6, 6.07) is 5.68. The van der Waals surface area contributed by atoms with E-state index in [-0.39, 0.29) is 57.0 Å². The Balaban J connectivity index is 1.18. The summed E-state index contributed by atoms with van der Waals surface area (Å²) in [6.07, 6.45) is 3.48. The molecule has 3 aromatic heterocycles. The SMILES string of the molecule is CCn1c(-c2cc(N3CCN(C)CC3)cnc2[C@H](C)OC)c2c3cc(ccc31)-c1csc(n1)C[C@H](NC(=O)[C@H](C(C)C)N(C)C(=O)[C@H]1CCN(C(=O)[C@H](F)Cl)C1)C(=O)N1CCC[C@H](N1)C(=O)OCC(C)(C)C2. The lowest BCUT2D eigenvalue weighted by molar-refractivity contribution is -0.155. The molecule has 2 N–H and O–H groups in total. The van der Waals surface area contributed by atoms with E-state index < -0.39 is 58.8 Å². The summed E-state index contributed by atoms with van der Waals surface area (Å²) in [7, 11) is 5.38. The topological polar surface area (TPSA) is 175 Å². The molecule has 4 aliphatic heterocycles. The number of likely N-dealkylation sites (tertiary alicyclic amines) is 1. The van der Waals surface area contributed by atoms with Gasteiger partial charge >= 0.3 is 5.97 Å². The molecule has 1 aromatic carbocycles. The number of fused-ring (bicyclic) bond motifs is 6. The number of thiazole rings is 1. The lowest BCUT2D eigenvalue weighted by Gasteiger charge is -2.37. The number of amides is 4. The average Bonchev–Trinajstić information content (AvgIpc) is 4.12. The smallest absolute Gasteiger partial charge is 0.324 e. The number of hydrogen-bond acceptors (Lipinski definition) is 13. The predicted molar refractivity (Wildman–Crippen MR) is 276 cm³/mol. The van der Waals surface area contributed by atoms with Crippen molar-refractivity contribution in [3.63, 3.8) is 0 Å². The Hall–Kier alpha value is -5.21. The van der Waals surface area contributed by atoms with Crippen LogP contribution in [0.5, 0.6) is 0 Å². The molecule has 72 heavy (non-hydrogen) atoms. The molecule has 390 valence electrons. The van der Waals surface area contributed by atoms with Gasteiger partial charge in [0.15, 0.2) is 0 Å². The summed E-state index contributed by atoms with van der Waals surface area (Å²) >= 11 is 6.81. The fourth-order valence-corrected chi connectivity index (χ4v) is 11.7. The number of cyclic esters (lactones) is 1. The first-order valence-electron chi connectivity index (χ1n) is 25.2. The highest BCUT2D eigenvalue weighted by Crippen LogP contribution is 2.43. The number of aromatic nitrogens is 3. The molecule has 8 rings (SSSR count). The van der Waals surface area contributed by atoms with Crippen LogP contribution in [0.25, 0.3) is 33.4 Å². The molecule has 6 bridgehead atoms. The fraction of sp³-hybridized carbons (Fsp3) is 0.596. The number of aryl methyl sites for hydroxylation is 1. The number of carbonyl (C=O) groups is 5. The van der Waals surface area contributed by atoms with Gasteiger partial charge in [-0.25, -0.2) is 14.8 Å². The van der Waals surface area contributed by atoms with Gasteiger partial charge in [-0.2, -0.15) is 0 Å². The third-order valence-corrected chi connectivity index (χ3v) is 15.8. The second-order valence-corrected chi connectivity index (χ2v) is 22.3. The van der Waals surface area contributed by atoms with E-state index in [1.807, 2.05) is 32.3 Å². The number of ether oxygens (including phenoxy) is 2. The number of nitrogens with one attached hydrogen (secondary N) is 2. The van der Waals surface area contributed by atoms with Crippen LogP contribution in [0.15, 0.2) is 35.8 Å². The molecular weight excluding hydrogens is 963 g/mol. The maximum atomic E-state index is 14.7. The minimum atomic E-state index is -2.21. The zero-order valence-corrected chi connectivity index (χ0v) is 44.6. The number of carbonyl (C=O) groups excluding carboxylic acids is 5. The van der Waals surface area contributed by atoms with Crippen LogP contribution in [0, 0.1) is 17.3 Å². The first kappa shape index (κ1) is 53.1. The van der Waals surface area contributed by atoms with Gasteiger partial charge in [-0.05, 0) is 76.3 Å². The van der Waals surface area contributed by atoms with Crippen LogP contribution >= 0.6 is 22.9 Å². The molecule has 4 aromatic rings. The number of anilines is 1. The number of piperazine rings is 1. The van der Waals surface area contributed by atoms with Crippen LogP contribution in [0.4, 0.5) is 10.1 Å². The van der Waals surface area contributed by atoms with Crippen molar-refractivity contribution in [2.45, 2.75) is 110 Å². The first-order chi connectivity index (χ1) is 34.3. The number of esters is 1. The second kappa shape index (κ2) is 22.1. The Bertz CT molecular complexity index is 2670. The molecule has 6 atom stereocenters. The largest absolute Gasteiger partial charge is 0.464 e. The highest BCUT2D eigenvalue weighted by Gasteiger charge is 2.41. The van der Waals surface area contributed by atoms with Crippen LogP contribution in [-0.2, 0) is 52.8 Å². The minimum Gasteiger partial charge on any atom is -0.464 e.